The van der Waals surface area contributed by atoms with Crippen molar-refractivity contribution < 1.29 is 18.1 Å². The fourth-order valence-corrected chi connectivity index (χ4v) is 6.06. The summed E-state index contributed by atoms with van der Waals surface area (Å²) in [5.41, 5.74) is 1.26. The standard InChI is InChI=1S/C29H27F2N2O/c30-25-5-3-21-11-19(1-2-22(21)15-25)17-33-27-7-8-28(33)13-20(12-27)14-29(34)32-10-9-23-16-26(31)6-4-24(23)18-32/h1-6,9-11,15-16,18,20,27-28H,7-8,12-14,17H2/q+1. The zero-order chi connectivity index (χ0) is 23.2. The summed E-state index contributed by atoms with van der Waals surface area (Å²) in [6.45, 7) is 0.902. The van der Waals surface area contributed by atoms with E-state index in [2.05, 4.69) is 17.0 Å². The van der Waals surface area contributed by atoms with Crippen molar-refractivity contribution in [3.05, 3.63) is 90.3 Å². The van der Waals surface area contributed by atoms with Crippen LogP contribution in [0.1, 0.15) is 42.5 Å². The van der Waals surface area contributed by atoms with E-state index in [1.54, 1.807) is 29.0 Å². The number of piperidine rings is 1. The van der Waals surface area contributed by atoms with E-state index in [0.717, 1.165) is 40.9 Å². The lowest BCUT2D eigenvalue weighted by Gasteiger charge is -2.38. The fraction of sp³-hybridized carbons (Fsp3) is 0.310. The van der Waals surface area contributed by atoms with Gasteiger partial charge in [0.1, 0.15) is 11.6 Å². The first-order valence-electron chi connectivity index (χ1n) is 12.1. The number of carbonyl (C=O) groups excluding carboxylic acids is 1. The molecule has 0 saturated carbocycles. The summed E-state index contributed by atoms with van der Waals surface area (Å²) in [5, 5.41) is 3.67. The molecule has 2 fully saturated rings. The van der Waals surface area contributed by atoms with Crippen LogP contribution in [-0.2, 0) is 6.54 Å². The van der Waals surface area contributed by atoms with Crippen molar-refractivity contribution in [1.29, 1.82) is 0 Å². The quantitative estimate of drug-likeness (QED) is 0.349. The predicted molar refractivity (Wildman–Crippen MR) is 128 cm³/mol. The molecule has 172 valence electrons. The molecule has 3 heterocycles. The molecule has 2 unspecified atom stereocenters. The van der Waals surface area contributed by atoms with Gasteiger partial charge in [-0.3, -0.25) is 4.90 Å². The van der Waals surface area contributed by atoms with Crippen LogP contribution in [0, 0.1) is 17.6 Å². The van der Waals surface area contributed by atoms with E-state index in [0.29, 0.717) is 24.4 Å². The molecule has 0 spiro atoms. The molecule has 2 bridgehead atoms. The second-order valence-electron chi connectivity index (χ2n) is 9.94. The molecule has 5 heteroatoms. The van der Waals surface area contributed by atoms with E-state index >= 15 is 0 Å². The lowest BCUT2D eigenvalue weighted by atomic mass is 9.87. The van der Waals surface area contributed by atoms with Crippen LogP contribution in [0.15, 0.2) is 73.1 Å². The normalized spacial score (nSPS) is 22.5. The van der Waals surface area contributed by atoms with Gasteiger partial charge >= 0.3 is 5.91 Å². The average Bonchev–Trinajstić information content (AvgIpc) is 3.06. The molecular formula is C29H27F2N2O+. The van der Waals surface area contributed by atoms with Crippen molar-refractivity contribution in [1.82, 2.24) is 4.90 Å². The maximum absolute atomic E-state index is 13.5. The number of rotatable bonds is 4. The van der Waals surface area contributed by atoms with Gasteiger partial charge in [-0.15, -0.1) is 4.57 Å². The van der Waals surface area contributed by atoms with Crippen molar-refractivity contribution in [2.75, 3.05) is 0 Å². The lowest BCUT2D eigenvalue weighted by molar-refractivity contribution is -0.573. The van der Waals surface area contributed by atoms with Gasteiger partial charge in [-0.1, -0.05) is 18.2 Å². The van der Waals surface area contributed by atoms with E-state index in [1.165, 1.54) is 36.6 Å². The van der Waals surface area contributed by atoms with Gasteiger partial charge in [-0.05, 0) is 89.7 Å². The third-order valence-corrected chi connectivity index (χ3v) is 7.71. The Kier molecular flexibility index (Phi) is 5.37. The summed E-state index contributed by atoms with van der Waals surface area (Å²) < 4.78 is 28.6. The van der Waals surface area contributed by atoms with Crippen molar-refractivity contribution >= 4 is 27.5 Å². The number of fused-ring (bicyclic) bond motifs is 4. The Hall–Kier alpha value is -3.18. The van der Waals surface area contributed by atoms with Gasteiger partial charge in [0.15, 0.2) is 12.4 Å². The van der Waals surface area contributed by atoms with Gasteiger partial charge in [-0.2, -0.15) is 0 Å². The molecule has 34 heavy (non-hydrogen) atoms. The predicted octanol–water partition coefficient (Wildman–Crippen LogP) is 6.03. The highest BCUT2D eigenvalue weighted by Crippen LogP contribution is 2.41. The zero-order valence-corrected chi connectivity index (χ0v) is 19.0. The lowest BCUT2D eigenvalue weighted by Crippen LogP contribution is -2.46. The summed E-state index contributed by atoms with van der Waals surface area (Å²) in [5.74, 6) is 0.0187. The Morgan fingerprint density at radius 3 is 2.18 bits per heavy atom. The Labute approximate surface area is 197 Å². The van der Waals surface area contributed by atoms with E-state index < -0.39 is 0 Å². The summed E-state index contributed by atoms with van der Waals surface area (Å²) in [6, 6.07) is 18.7. The molecule has 4 aromatic rings. The minimum atomic E-state index is -0.267. The molecule has 2 aliphatic heterocycles. The monoisotopic (exact) mass is 457 g/mol. The van der Waals surface area contributed by atoms with Crippen LogP contribution >= 0.6 is 0 Å². The summed E-state index contributed by atoms with van der Waals surface area (Å²) in [4.78, 5) is 15.6. The highest BCUT2D eigenvalue weighted by Gasteiger charge is 2.41. The second-order valence-corrected chi connectivity index (χ2v) is 9.94. The van der Waals surface area contributed by atoms with Crippen molar-refractivity contribution in [3.8, 4) is 0 Å². The highest BCUT2D eigenvalue weighted by atomic mass is 19.1. The second kappa shape index (κ2) is 8.55. The van der Waals surface area contributed by atoms with Crippen LogP contribution in [0.4, 0.5) is 8.78 Å². The summed E-state index contributed by atoms with van der Waals surface area (Å²) in [7, 11) is 0. The number of benzene rings is 3. The molecule has 0 N–H and O–H groups in total. The van der Waals surface area contributed by atoms with E-state index in [9.17, 15) is 13.6 Å². The van der Waals surface area contributed by atoms with Gasteiger partial charge < -0.3 is 0 Å². The Bertz CT molecular complexity index is 1390. The SMILES string of the molecule is O=C(CC1CC2CCC(C1)N2Cc1ccc2cc(F)ccc2c1)[n+]1ccc2cc(F)ccc2c1. The Morgan fingerprint density at radius 2 is 1.44 bits per heavy atom. The molecule has 2 aliphatic rings. The molecule has 0 amide bonds. The smallest absolute Gasteiger partial charge is 0.293 e. The number of aromatic nitrogens is 1. The van der Waals surface area contributed by atoms with Crippen LogP contribution < -0.4 is 4.57 Å². The topological polar surface area (TPSA) is 24.2 Å². The first-order valence-corrected chi connectivity index (χ1v) is 12.1. The molecule has 6 rings (SSSR count). The van der Waals surface area contributed by atoms with E-state index in [4.69, 9.17) is 0 Å². The minimum absolute atomic E-state index is 0.103. The van der Waals surface area contributed by atoms with Crippen LogP contribution in [0.3, 0.4) is 0 Å². The Morgan fingerprint density at radius 1 is 0.824 bits per heavy atom. The number of hydrogen-bond acceptors (Lipinski definition) is 2. The molecule has 0 radical (unpaired) electrons. The van der Waals surface area contributed by atoms with Crippen LogP contribution in [0.2, 0.25) is 0 Å². The number of carbonyl (C=O) groups is 1. The number of pyridine rings is 1. The highest BCUT2D eigenvalue weighted by molar-refractivity contribution is 5.83. The van der Waals surface area contributed by atoms with Gasteiger partial charge in [0.2, 0.25) is 0 Å². The van der Waals surface area contributed by atoms with Gasteiger partial charge in [0.25, 0.3) is 0 Å². The van der Waals surface area contributed by atoms with Crippen LogP contribution in [0.25, 0.3) is 21.5 Å². The third kappa shape index (κ3) is 4.09. The number of halogens is 2. The van der Waals surface area contributed by atoms with Crippen LogP contribution in [0.5, 0.6) is 0 Å². The van der Waals surface area contributed by atoms with E-state index in [-0.39, 0.29) is 17.5 Å². The molecule has 2 atom stereocenters. The summed E-state index contributed by atoms with van der Waals surface area (Å²) >= 11 is 0. The zero-order valence-electron chi connectivity index (χ0n) is 19.0. The molecule has 3 nitrogen and oxygen atoms in total. The molecular weight excluding hydrogens is 430 g/mol. The van der Waals surface area contributed by atoms with Crippen LogP contribution in [-0.4, -0.2) is 22.9 Å². The van der Waals surface area contributed by atoms with Crippen molar-refractivity contribution in [3.63, 3.8) is 0 Å². The first-order chi connectivity index (χ1) is 16.5. The Balaban J connectivity index is 1.13. The van der Waals surface area contributed by atoms with Gasteiger partial charge in [0.05, 0.1) is 6.42 Å². The maximum Gasteiger partial charge on any atom is 0.392 e. The average molecular weight is 458 g/mol. The van der Waals surface area contributed by atoms with Crippen molar-refractivity contribution in [2.24, 2.45) is 5.92 Å². The minimum Gasteiger partial charge on any atom is -0.293 e. The summed E-state index contributed by atoms with van der Waals surface area (Å²) in [6.07, 6.45) is 8.55. The van der Waals surface area contributed by atoms with Gasteiger partial charge in [-0.25, -0.2) is 13.6 Å². The van der Waals surface area contributed by atoms with Crippen molar-refractivity contribution in [2.45, 2.75) is 50.7 Å². The molecule has 2 saturated heterocycles. The molecule has 3 aromatic carbocycles. The van der Waals surface area contributed by atoms with E-state index in [1.807, 2.05) is 18.3 Å². The molecule has 0 aliphatic carbocycles. The number of hydrogen-bond donors (Lipinski definition) is 0. The third-order valence-electron chi connectivity index (χ3n) is 7.71. The van der Waals surface area contributed by atoms with Gasteiger partial charge in [0, 0.05) is 30.1 Å². The largest absolute Gasteiger partial charge is 0.392 e. The molecule has 1 aromatic heterocycles. The number of nitrogens with zero attached hydrogens (tertiary/aromatic N) is 2. The maximum atomic E-state index is 13.5. The fourth-order valence-electron chi connectivity index (χ4n) is 6.06. The first kappa shape index (κ1) is 21.4.